The molecule has 0 aliphatic carbocycles. The van der Waals surface area contributed by atoms with Gasteiger partial charge in [-0.05, 0) is 12.1 Å². The second kappa shape index (κ2) is 6.72. The Hall–Kier alpha value is -1.87. The van der Waals surface area contributed by atoms with Crippen LogP contribution in [0.3, 0.4) is 0 Å². The van der Waals surface area contributed by atoms with E-state index in [0.717, 1.165) is 0 Å². The predicted octanol–water partition coefficient (Wildman–Crippen LogP) is 1.64. The molecule has 0 atom stereocenters. The van der Waals surface area contributed by atoms with Crippen LogP contribution in [0.1, 0.15) is 13.8 Å². The highest BCUT2D eigenvalue weighted by Gasteiger charge is 2.33. The van der Waals surface area contributed by atoms with Crippen molar-refractivity contribution in [2.75, 3.05) is 27.3 Å². The molecule has 0 aromatic heterocycles. The third kappa shape index (κ3) is 3.08. The van der Waals surface area contributed by atoms with Gasteiger partial charge in [0.25, 0.3) is 0 Å². The molecular formula is C12H18N2O6S. The lowest BCUT2D eigenvalue weighted by Crippen LogP contribution is -2.31. The fourth-order valence-electron chi connectivity index (χ4n) is 1.98. The topological polar surface area (TPSA) is 99.0 Å². The van der Waals surface area contributed by atoms with Crippen LogP contribution in [0.15, 0.2) is 17.0 Å². The largest absolute Gasteiger partial charge is 0.490 e. The molecule has 0 saturated heterocycles. The first-order valence-electron chi connectivity index (χ1n) is 6.24. The zero-order chi connectivity index (χ0) is 16.2. The summed E-state index contributed by atoms with van der Waals surface area (Å²) in [4.78, 5) is 10.2. The Balaban J connectivity index is 3.66. The molecule has 1 aromatic carbocycles. The number of nitrogens with zero attached hydrogens (tertiary/aromatic N) is 2. The van der Waals surface area contributed by atoms with Gasteiger partial charge in [-0.25, -0.2) is 8.42 Å². The Morgan fingerprint density at radius 2 is 1.76 bits per heavy atom. The molecular weight excluding hydrogens is 300 g/mol. The summed E-state index contributed by atoms with van der Waals surface area (Å²) >= 11 is 0. The van der Waals surface area contributed by atoms with Gasteiger partial charge in [0.15, 0.2) is 0 Å². The van der Waals surface area contributed by atoms with Gasteiger partial charge >= 0.3 is 5.69 Å². The van der Waals surface area contributed by atoms with Gasteiger partial charge in [0, 0.05) is 13.1 Å². The smallest absolute Gasteiger partial charge is 0.353 e. The van der Waals surface area contributed by atoms with Crippen molar-refractivity contribution in [3.05, 3.63) is 22.2 Å². The third-order valence-electron chi connectivity index (χ3n) is 2.99. The Morgan fingerprint density at radius 1 is 1.19 bits per heavy atom. The Morgan fingerprint density at radius 3 is 2.14 bits per heavy atom. The van der Waals surface area contributed by atoms with E-state index < -0.39 is 20.6 Å². The first-order valence-corrected chi connectivity index (χ1v) is 7.68. The number of rotatable bonds is 7. The molecule has 0 aliphatic rings. The Bertz CT molecular complexity index is 625. The molecule has 0 unspecified atom stereocenters. The second-order valence-corrected chi connectivity index (χ2v) is 5.90. The summed E-state index contributed by atoms with van der Waals surface area (Å²) in [6.07, 6.45) is 0. The number of ether oxygens (including phenoxy) is 2. The van der Waals surface area contributed by atoms with Gasteiger partial charge in [0.2, 0.25) is 21.5 Å². The maximum atomic E-state index is 12.5. The average molecular weight is 318 g/mol. The van der Waals surface area contributed by atoms with Gasteiger partial charge in [-0.15, -0.1) is 0 Å². The summed E-state index contributed by atoms with van der Waals surface area (Å²) in [5.41, 5.74) is -0.506. The van der Waals surface area contributed by atoms with Crippen molar-refractivity contribution >= 4 is 15.7 Å². The number of sulfonamides is 1. The maximum Gasteiger partial charge on any atom is 0.353 e. The summed E-state index contributed by atoms with van der Waals surface area (Å²) in [5, 5.41) is 11.2. The average Bonchev–Trinajstić information content (AvgIpc) is 2.46. The summed E-state index contributed by atoms with van der Waals surface area (Å²) in [6.45, 7) is 3.88. The molecule has 1 rings (SSSR count). The van der Waals surface area contributed by atoms with E-state index >= 15 is 0 Å². The molecule has 0 saturated carbocycles. The summed E-state index contributed by atoms with van der Waals surface area (Å²) in [5.74, 6) is -0.387. The van der Waals surface area contributed by atoms with E-state index in [-0.39, 0.29) is 29.5 Å². The molecule has 0 aliphatic heterocycles. The van der Waals surface area contributed by atoms with Gasteiger partial charge in [0.05, 0.1) is 19.1 Å². The zero-order valence-electron chi connectivity index (χ0n) is 12.3. The molecule has 0 amide bonds. The molecule has 0 spiro atoms. The van der Waals surface area contributed by atoms with Crippen LogP contribution in [0.5, 0.6) is 11.5 Å². The van der Waals surface area contributed by atoms with Crippen molar-refractivity contribution in [2.24, 2.45) is 0 Å². The molecule has 8 nitrogen and oxygen atoms in total. The van der Waals surface area contributed by atoms with Crippen LogP contribution in [0.2, 0.25) is 0 Å². The van der Waals surface area contributed by atoms with Crippen LogP contribution in [0.4, 0.5) is 5.69 Å². The van der Waals surface area contributed by atoms with Crippen LogP contribution in [-0.4, -0.2) is 45.0 Å². The van der Waals surface area contributed by atoms with E-state index in [9.17, 15) is 18.5 Å². The van der Waals surface area contributed by atoms with E-state index in [0.29, 0.717) is 0 Å². The fourth-order valence-corrected chi connectivity index (χ4v) is 3.59. The molecule has 21 heavy (non-hydrogen) atoms. The predicted molar refractivity (Wildman–Crippen MR) is 76.3 cm³/mol. The molecule has 0 N–H and O–H groups in total. The van der Waals surface area contributed by atoms with E-state index in [1.165, 1.54) is 30.7 Å². The number of hydrogen-bond donors (Lipinski definition) is 0. The number of hydrogen-bond acceptors (Lipinski definition) is 6. The standard InChI is InChI=1S/C12H18N2O6S/c1-5-13(6-2)21(17,18)10-8-7-9(19-3)11(14(15)16)12(10)20-4/h7-8H,5-6H2,1-4H3. The van der Waals surface area contributed by atoms with E-state index in [2.05, 4.69) is 0 Å². The van der Waals surface area contributed by atoms with Gasteiger partial charge in [-0.3, -0.25) is 10.1 Å². The number of benzene rings is 1. The minimum atomic E-state index is -3.88. The van der Waals surface area contributed by atoms with Crippen molar-refractivity contribution in [2.45, 2.75) is 18.7 Å². The van der Waals surface area contributed by atoms with Crippen molar-refractivity contribution < 1.29 is 22.8 Å². The molecule has 0 fully saturated rings. The summed E-state index contributed by atoms with van der Waals surface area (Å²) in [6, 6.07) is 2.50. The van der Waals surface area contributed by atoms with Gasteiger partial charge in [-0.2, -0.15) is 4.31 Å². The van der Waals surface area contributed by atoms with Crippen LogP contribution < -0.4 is 9.47 Å². The normalized spacial score (nSPS) is 11.5. The second-order valence-electron chi connectivity index (χ2n) is 3.99. The molecule has 9 heteroatoms. The highest BCUT2D eigenvalue weighted by molar-refractivity contribution is 7.89. The number of nitro benzene ring substituents is 1. The lowest BCUT2D eigenvalue weighted by Gasteiger charge is -2.20. The SMILES string of the molecule is CCN(CC)S(=O)(=O)c1ccc(OC)c([N+](=O)[O-])c1OC. The highest BCUT2D eigenvalue weighted by Crippen LogP contribution is 2.42. The molecule has 1 aromatic rings. The van der Waals surface area contributed by atoms with Crippen LogP contribution in [0, 0.1) is 10.1 Å². The Labute approximate surface area is 123 Å². The van der Waals surface area contributed by atoms with Crippen LogP contribution in [-0.2, 0) is 10.0 Å². The lowest BCUT2D eigenvalue weighted by molar-refractivity contribution is -0.386. The van der Waals surface area contributed by atoms with E-state index in [4.69, 9.17) is 9.47 Å². The van der Waals surface area contributed by atoms with E-state index in [1.54, 1.807) is 13.8 Å². The monoisotopic (exact) mass is 318 g/mol. The van der Waals surface area contributed by atoms with Crippen molar-refractivity contribution in [3.63, 3.8) is 0 Å². The molecule has 118 valence electrons. The fraction of sp³-hybridized carbons (Fsp3) is 0.500. The van der Waals surface area contributed by atoms with Gasteiger partial charge in [-0.1, -0.05) is 13.8 Å². The minimum absolute atomic E-state index is 0.0599. The lowest BCUT2D eigenvalue weighted by atomic mass is 10.2. The van der Waals surface area contributed by atoms with Crippen molar-refractivity contribution in [1.29, 1.82) is 0 Å². The Kier molecular flexibility index (Phi) is 5.50. The number of nitro groups is 1. The van der Waals surface area contributed by atoms with Crippen LogP contribution in [0.25, 0.3) is 0 Å². The molecule has 0 bridgehead atoms. The third-order valence-corrected chi connectivity index (χ3v) is 5.06. The number of methoxy groups -OCH3 is 2. The van der Waals surface area contributed by atoms with Gasteiger partial charge < -0.3 is 9.47 Å². The first kappa shape index (κ1) is 17.2. The maximum absolute atomic E-state index is 12.5. The first-order chi connectivity index (χ1) is 9.84. The van der Waals surface area contributed by atoms with Crippen molar-refractivity contribution in [1.82, 2.24) is 4.31 Å². The van der Waals surface area contributed by atoms with Crippen molar-refractivity contribution in [3.8, 4) is 11.5 Å². The van der Waals surface area contributed by atoms with Crippen LogP contribution >= 0.6 is 0 Å². The highest BCUT2D eigenvalue weighted by atomic mass is 32.2. The summed E-state index contributed by atoms with van der Waals surface area (Å²) in [7, 11) is -1.43. The quantitative estimate of drug-likeness (QED) is 0.560. The van der Waals surface area contributed by atoms with Gasteiger partial charge in [0.1, 0.15) is 4.90 Å². The van der Waals surface area contributed by atoms with E-state index in [1.807, 2.05) is 0 Å². The molecule has 0 heterocycles. The minimum Gasteiger partial charge on any atom is -0.490 e. The molecule has 0 radical (unpaired) electrons. The zero-order valence-corrected chi connectivity index (χ0v) is 13.1. The summed E-state index contributed by atoms with van der Waals surface area (Å²) < 4.78 is 36.1.